The van der Waals surface area contributed by atoms with Crippen LogP contribution in [0.2, 0.25) is 0 Å². The largest absolute Gasteiger partial charge is 0.291 e. The summed E-state index contributed by atoms with van der Waals surface area (Å²) in [6.07, 6.45) is 0. The molecule has 0 fully saturated rings. The van der Waals surface area contributed by atoms with Crippen molar-refractivity contribution in [1.29, 1.82) is 0 Å². The number of aromatic nitrogens is 2. The fourth-order valence-electron chi connectivity index (χ4n) is 7.48. The highest BCUT2D eigenvalue weighted by Crippen LogP contribution is 2.49. The summed E-state index contributed by atoms with van der Waals surface area (Å²) >= 11 is 0. The van der Waals surface area contributed by atoms with Gasteiger partial charge >= 0.3 is 0 Å². The van der Waals surface area contributed by atoms with Crippen LogP contribution in [0.1, 0.15) is 0 Å². The van der Waals surface area contributed by atoms with E-state index in [0.717, 1.165) is 28.1 Å². The summed E-state index contributed by atoms with van der Waals surface area (Å²) in [5, 5.41) is 2.66. The topological polar surface area (TPSA) is 17.8 Å². The summed E-state index contributed by atoms with van der Waals surface area (Å²) < 4.78 is 2.37. The molecule has 1 aromatic heterocycles. The highest BCUT2D eigenvalue weighted by molar-refractivity contribution is 6.18. The lowest BCUT2D eigenvalue weighted by Gasteiger charge is -2.14. The van der Waals surface area contributed by atoms with E-state index in [1.807, 2.05) is 0 Å². The number of nitrogens with zero attached hydrogens (tertiary/aromatic N) is 2. The van der Waals surface area contributed by atoms with E-state index in [9.17, 15) is 0 Å². The third kappa shape index (κ3) is 3.05. The molecule has 198 valence electrons. The third-order valence-corrected chi connectivity index (χ3v) is 9.33. The van der Waals surface area contributed by atoms with Gasteiger partial charge in [0.15, 0.2) is 0 Å². The summed E-state index contributed by atoms with van der Waals surface area (Å²) in [7, 11) is 0. The standard InChI is InChI=1S/C41H24N2/c1-4-12-31-28(9-1)32-13-5-6-18-38(32)43-40-36(31)16-8-17-37(40)42-41(43)26-21-19-25(20-22-26)27-23-24-35-30-11-3-2-10-29(30)34-15-7-14-33(27)39(34)35/h1-24H. The minimum atomic E-state index is 0.963. The van der Waals surface area contributed by atoms with Crippen LogP contribution in [0, 0.1) is 0 Å². The smallest absolute Gasteiger partial charge is 0.145 e. The predicted molar refractivity (Wildman–Crippen MR) is 178 cm³/mol. The second-order valence-corrected chi connectivity index (χ2v) is 11.5. The molecule has 7 aromatic carbocycles. The van der Waals surface area contributed by atoms with Crippen LogP contribution in [0.5, 0.6) is 0 Å². The van der Waals surface area contributed by atoms with E-state index in [-0.39, 0.29) is 0 Å². The average molecular weight is 545 g/mol. The van der Waals surface area contributed by atoms with Gasteiger partial charge in [0.05, 0.1) is 16.7 Å². The molecule has 0 bridgehead atoms. The van der Waals surface area contributed by atoms with Crippen LogP contribution < -0.4 is 0 Å². The van der Waals surface area contributed by atoms with Gasteiger partial charge in [0.25, 0.3) is 0 Å². The number of hydrogen-bond acceptors (Lipinski definition) is 1. The molecule has 2 nitrogen and oxygen atoms in total. The Balaban J connectivity index is 1.16. The average Bonchev–Trinajstić information content (AvgIpc) is 3.59. The van der Waals surface area contributed by atoms with Crippen LogP contribution in [0.4, 0.5) is 0 Å². The number of imidazole rings is 1. The van der Waals surface area contributed by atoms with E-state index in [0.29, 0.717) is 0 Å². The number of benzene rings is 7. The van der Waals surface area contributed by atoms with Crippen LogP contribution in [-0.2, 0) is 0 Å². The minimum Gasteiger partial charge on any atom is -0.291 e. The Labute approximate surface area is 249 Å². The zero-order valence-corrected chi connectivity index (χ0v) is 23.3. The van der Waals surface area contributed by atoms with Crippen molar-refractivity contribution >= 4 is 21.8 Å². The lowest BCUT2D eigenvalue weighted by atomic mass is 9.94. The van der Waals surface area contributed by atoms with Crippen molar-refractivity contribution in [3.63, 3.8) is 0 Å². The number of rotatable bonds is 2. The number of fused-ring (bicyclic) bond motifs is 8. The molecule has 8 aromatic rings. The van der Waals surface area contributed by atoms with Gasteiger partial charge in [-0.2, -0.15) is 0 Å². The molecule has 0 atom stereocenters. The monoisotopic (exact) mass is 544 g/mol. The van der Waals surface area contributed by atoms with E-state index < -0.39 is 0 Å². The van der Waals surface area contributed by atoms with Gasteiger partial charge in [-0.3, -0.25) is 4.57 Å². The molecule has 0 amide bonds. The molecule has 0 saturated heterocycles. The Kier molecular flexibility index (Phi) is 4.48. The molecule has 2 aliphatic rings. The third-order valence-electron chi connectivity index (χ3n) is 9.33. The summed E-state index contributed by atoms with van der Waals surface area (Å²) in [5.74, 6) is 0.963. The lowest BCUT2D eigenvalue weighted by Crippen LogP contribution is -1.99. The normalized spacial score (nSPS) is 12.2. The van der Waals surface area contributed by atoms with Crippen molar-refractivity contribution in [2.45, 2.75) is 0 Å². The summed E-state index contributed by atoms with van der Waals surface area (Å²) in [6, 6.07) is 53.0. The molecular weight excluding hydrogens is 520 g/mol. The molecular formula is C41H24N2. The van der Waals surface area contributed by atoms with E-state index >= 15 is 0 Å². The minimum absolute atomic E-state index is 0.963. The van der Waals surface area contributed by atoms with Crippen molar-refractivity contribution in [3.05, 3.63) is 146 Å². The first-order valence-corrected chi connectivity index (χ1v) is 14.8. The molecule has 0 radical (unpaired) electrons. The summed E-state index contributed by atoms with van der Waals surface area (Å²) in [6.45, 7) is 0. The zero-order valence-electron chi connectivity index (χ0n) is 23.3. The molecule has 0 saturated carbocycles. The van der Waals surface area contributed by atoms with Gasteiger partial charge in [0.2, 0.25) is 0 Å². The molecule has 0 spiro atoms. The maximum atomic E-state index is 5.24. The number of hydrogen-bond donors (Lipinski definition) is 0. The Hall–Kier alpha value is -5.73. The van der Waals surface area contributed by atoms with Gasteiger partial charge in [0, 0.05) is 16.7 Å². The van der Waals surface area contributed by atoms with Gasteiger partial charge < -0.3 is 0 Å². The van der Waals surface area contributed by atoms with E-state index in [4.69, 9.17) is 4.98 Å². The van der Waals surface area contributed by atoms with Crippen molar-refractivity contribution < 1.29 is 0 Å². The molecule has 1 aliphatic carbocycles. The lowest BCUT2D eigenvalue weighted by molar-refractivity contribution is 1.11. The van der Waals surface area contributed by atoms with Crippen LogP contribution in [0.15, 0.2) is 146 Å². The second kappa shape index (κ2) is 8.40. The van der Waals surface area contributed by atoms with Crippen molar-refractivity contribution in [2.75, 3.05) is 0 Å². The van der Waals surface area contributed by atoms with Crippen molar-refractivity contribution in [1.82, 2.24) is 9.55 Å². The van der Waals surface area contributed by atoms with E-state index in [1.54, 1.807) is 0 Å². The molecule has 0 unspecified atom stereocenters. The van der Waals surface area contributed by atoms with E-state index in [2.05, 4.69) is 150 Å². The first-order valence-electron chi connectivity index (χ1n) is 14.8. The maximum absolute atomic E-state index is 5.24. The molecule has 10 rings (SSSR count). The Morgan fingerprint density at radius 1 is 0.372 bits per heavy atom. The van der Waals surface area contributed by atoms with Crippen molar-refractivity contribution in [3.8, 4) is 72.7 Å². The number of para-hydroxylation sites is 2. The van der Waals surface area contributed by atoms with Crippen LogP contribution in [-0.4, -0.2) is 9.55 Å². The van der Waals surface area contributed by atoms with Gasteiger partial charge in [-0.25, -0.2) is 4.98 Å². The Morgan fingerprint density at radius 3 is 1.67 bits per heavy atom. The van der Waals surface area contributed by atoms with Gasteiger partial charge in [-0.1, -0.05) is 133 Å². The van der Waals surface area contributed by atoms with Crippen molar-refractivity contribution in [2.24, 2.45) is 0 Å². The molecule has 2 heterocycles. The molecule has 2 heteroatoms. The highest BCUT2D eigenvalue weighted by atomic mass is 15.1. The van der Waals surface area contributed by atoms with E-state index in [1.165, 1.54) is 66.4 Å². The molecule has 1 aliphatic heterocycles. The van der Waals surface area contributed by atoms with Gasteiger partial charge in [0.1, 0.15) is 5.82 Å². The SMILES string of the molecule is c1ccc2c(c1)-c1ccccc1-n1c(-c3ccc(-c4ccc5c6c(cccc46)-c4ccccc4-5)cc3)nc3cccc-2c31. The van der Waals surface area contributed by atoms with Gasteiger partial charge in [-0.15, -0.1) is 0 Å². The Morgan fingerprint density at radius 2 is 0.907 bits per heavy atom. The summed E-state index contributed by atoms with van der Waals surface area (Å²) in [4.78, 5) is 5.24. The quantitative estimate of drug-likeness (QED) is 0.212. The molecule has 43 heavy (non-hydrogen) atoms. The second-order valence-electron chi connectivity index (χ2n) is 11.5. The zero-order chi connectivity index (χ0) is 28.1. The first kappa shape index (κ1) is 22.9. The van der Waals surface area contributed by atoms with Crippen LogP contribution in [0.3, 0.4) is 0 Å². The fourth-order valence-corrected chi connectivity index (χ4v) is 7.48. The van der Waals surface area contributed by atoms with Gasteiger partial charge in [-0.05, 0) is 67.4 Å². The maximum Gasteiger partial charge on any atom is 0.145 e. The fraction of sp³-hybridized carbons (Fsp3) is 0. The Bertz CT molecular complexity index is 2410. The highest BCUT2D eigenvalue weighted by Gasteiger charge is 2.25. The predicted octanol–water partition coefficient (Wildman–Crippen LogP) is 10.8. The molecule has 0 N–H and O–H groups in total. The van der Waals surface area contributed by atoms with Crippen LogP contribution in [0.25, 0.3) is 94.5 Å². The summed E-state index contributed by atoms with van der Waals surface area (Å²) in [5.41, 5.74) is 17.2. The first-order chi connectivity index (χ1) is 21.3. The van der Waals surface area contributed by atoms with Crippen LogP contribution >= 0.6 is 0 Å².